The number of sulfonamides is 1. The minimum Gasteiger partial charge on any atom is -0.336 e. The van der Waals surface area contributed by atoms with Gasteiger partial charge in [-0.3, -0.25) is 0 Å². The van der Waals surface area contributed by atoms with Crippen LogP contribution in [0.4, 0.5) is 0 Å². The molecule has 1 fully saturated rings. The minimum atomic E-state index is -3.67. The van der Waals surface area contributed by atoms with Crippen LogP contribution < -0.4 is 5.73 Å². The quantitative estimate of drug-likeness (QED) is 0.721. The summed E-state index contributed by atoms with van der Waals surface area (Å²) in [6.07, 6.45) is 1.99. The Labute approximate surface area is 158 Å². The Morgan fingerprint density at radius 1 is 1.26 bits per heavy atom. The highest BCUT2D eigenvalue weighted by molar-refractivity contribution is 7.89. The normalized spacial score (nSPS) is 21.1. The lowest BCUT2D eigenvalue weighted by Gasteiger charge is -2.17. The molecule has 0 unspecified atom stereocenters. The lowest BCUT2D eigenvalue weighted by molar-refractivity contribution is 0.439. The molecule has 2 N–H and O–H groups in total. The fraction of sp³-hybridized carbons (Fsp3) is 0.368. The lowest BCUT2D eigenvalue weighted by Crippen LogP contribution is -2.30. The van der Waals surface area contributed by atoms with Crippen molar-refractivity contribution >= 4 is 21.1 Å². The predicted molar refractivity (Wildman–Crippen MR) is 102 cm³/mol. The minimum absolute atomic E-state index is 0.0839. The predicted octanol–water partition coefficient (Wildman–Crippen LogP) is 2.15. The lowest BCUT2D eigenvalue weighted by atomic mass is 9.89. The van der Waals surface area contributed by atoms with Crippen molar-refractivity contribution in [2.24, 2.45) is 11.7 Å². The van der Waals surface area contributed by atoms with Gasteiger partial charge in [-0.05, 0) is 30.5 Å². The van der Waals surface area contributed by atoms with E-state index in [4.69, 9.17) is 10.3 Å². The Morgan fingerprint density at radius 3 is 2.74 bits per heavy atom. The maximum atomic E-state index is 13.2. The maximum Gasteiger partial charge on any atom is 0.258 e. The van der Waals surface area contributed by atoms with E-state index in [1.165, 1.54) is 10.5 Å². The molecule has 0 amide bonds. The number of aryl methyl sites for hydroxylation is 1. The number of nitrogens with zero attached hydrogens (tertiary/aromatic N) is 3. The van der Waals surface area contributed by atoms with E-state index in [1.807, 2.05) is 37.3 Å². The van der Waals surface area contributed by atoms with Crippen molar-refractivity contribution in [3.05, 3.63) is 53.9 Å². The van der Waals surface area contributed by atoms with Crippen LogP contribution in [0.5, 0.6) is 0 Å². The summed E-state index contributed by atoms with van der Waals surface area (Å²) in [5.41, 5.74) is 8.13. The molecular weight excluding hydrogens is 364 g/mol. The second kappa shape index (κ2) is 7.03. The van der Waals surface area contributed by atoms with Gasteiger partial charge in [0, 0.05) is 19.0 Å². The summed E-state index contributed by atoms with van der Waals surface area (Å²) in [6.45, 7) is 3.20. The summed E-state index contributed by atoms with van der Waals surface area (Å²) in [7, 11) is -3.67. The van der Waals surface area contributed by atoms with E-state index < -0.39 is 10.0 Å². The fourth-order valence-electron chi connectivity index (χ4n) is 3.75. The Bertz CT molecular complexity index is 1050. The summed E-state index contributed by atoms with van der Waals surface area (Å²) < 4.78 is 33.1. The largest absolute Gasteiger partial charge is 0.336 e. The van der Waals surface area contributed by atoms with Gasteiger partial charge in [0.05, 0.1) is 17.3 Å². The summed E-state index contributed by atoms with van der Waals surface area (Å²) >= 11 is 0. The highest BCUT2D eigenvalue weighted by atomic mass is 32.2. The second-order valence-electron chi connectivity index (χ2n) is 6.84. The van der Waals surface area contributed by atoms with Crippen molar-refractivity contribution in [3.63, 3.8) is 0 Å². The number of benzene rings is 1. The van der Waals surface area contributed by atoms with Gasteiger partial charge in [0.15, 0.2) is 0 Å². The second-order valence-corrected chi connectivity index (χ2v) is 8.78. The van der Waals surface area contributed by atoms with Crippen LogP contribution in [0.1, 0.15) is 24.1 Å². The van der Waals surface area contributed by atoms with Crippen LogP contribution in [0.15, 0.2) is 52.0 Å². The molecule has 1 aliphatic rings. The van der Waals surface area contributed by atoms with E-state index in [0.717, 1.165) is 5.56 Å². The molecule has 142 valence electrons. The Hall–Kier alpha value is -2.29. The molecule has 0 spiro atoms. The molecule has 1 aromatic carbocycles. The first-order valence-electron chi connectivity index (χ1n) is 9.04. The molecule has 0 aliphatic carbocycles. The molecular formula is C19H22N4O3S. The summed E-state index contributed by atoms with van der Waals surface area (Å²) in [4.78, 5) is 4.31. The van der Waals surface area contributed by atoms with Gasteiger partial charge in [0.1, 0.15) is 4.90 Å². The van der Waals surface area contributed by atoms with Gasteiger partial charge < -0.3 is 10.3 Å². The van der Waals surface area contributed by atoms with Crippen LogP contribution in [-0.4, -0.2) is 42.5 Å². The Balaban J connectivity index is 1.68. The van der Waals surface area contributed by atoms with Crippen LogP contribution in [0, 0.1) is 5.92 Å². The third-order valence-corrected chi connectivity index (χ3v) is 7.09. The Morgan fingerprint density at radius 2 is 2.04 bits per heavy atom. The third-order valence-electron chi connectivity index (χ3n) is 5.29. The average Bonchev–Trinajstić information content (AvgIpc) is 3.32. The number of aromatic nitrogens is 2. The van der Waals surface area contributed by atoms with Gasteiger partial charge in [-0.25, -0.2) is 13.4 Å². The van der Waals surface area contributed by atoms with Gasteiger partial charge in [-0.2, -0.15) is 4.31 Å². The molecule has 2 aromatic heterocycles. The molecule has 8 heteroatoms. The van der Waals surface area contributed by atoms with E-state index >= 15 is 0 Å². The number of rotatable bonds is 5. The molecule has 3 aromatic rings. The van der Waals surface area contributed by atoms with Gasteiger partial charge in [-0.1, -0.05) is 42.4 Å². The first-order chi connectivity index (χ1) is 13.0. The van der Waals surface area contributed by atoms with Crippen LogP contribution in [0.2, 0.25) is 0 Å². The van der Waals surface area contributed by atoms with Crippen molar-refractivity contribution in [1.82, 2.24) is 14.4 Å². The molecule has 27 heavy (non-hydrogen) atoms. The van der Waals surface area contributed by atoms with Crippen molar-refractivity contribution in [2.75, 3.05) is 19.6 Å². The topological polar surface area (TPSA) is 102 Å². The first-order valence-corrected chi connectivity index (χ1v) is 10.5. The van der Waals surface area contributed by atoms with E-state index in [1.54, 1.807) is 6.07 Å². The zero-order valence-electron chi connectivity index (χ0n) is 15.1. The standard InChI is InChI=1S/C19H22N4O3S/c1-2-18-16-8-15(10-21-19(16)26-22-18)27(24,25)23-11-14(9-20)17(12-23)13-6-4-3-5-7-13/h3-8,10,14,17H,2,9,11-12,20H2,1H3/t14-,17+/m1/s1. The molecule has 7 nitrogen and oxygen atoms in total. The van der Waals surface area contributed by atoms with Crippen molar-refractivity contribution < 1.29 is 12.9 Å². The molecule has 2 atom stereocenters. The van der Waals surface area contributed by atoms with E-state index in [0.29, 0.717) is 42.8 Å². The highest BCUT2D eigenvalue weighted by Crippen LogP contribution is 2.35. The number of hydrogen-bond acceptors (Lipinski definition) is 6. The zero-order valence-corrected chi connectivity index (χ0v) is 15.9. The number of fused-ring (bicyclic) bond motifs is 1. The van der Waals surface area contributed by atoms with Crippen molar-refractivity contribution in [3.8, 4) is 0 Å². The van der Waals surface area contributed by atoms with Gasteiger partial charge in [-0.15, -0.1) is 0 Å². The highest BCUT2D eigenvalue weighted by Gasteiger charge is 2.39. The average molecular weight is 386 g/mol. The maximum absolute atomic E-state index is 13.2. The molecule has 4 rings (SSSR count). The third kappa shape index (κ3) is 3.13. The summed E-state index contributed by atoms with van der Waals surface area (Å²) in [5, 5.41) is 4.60. The number of nitrogens with two attached hydrogens (primary N) is 1. The SMILES string of the molecule is CCc1noc2ncc(S(=O)(=O)N3C[C@@H](CN)[C@H](c4ccccc4)C3)cc12. The van der Waals surface area contributed by atoms with Crippen molar-refractivity contribution in [1.29, 1.82) is 0 Å². The number of hydrogen-bond donors (Lipinski definition) is 1. The zero-order chi connectivity index (χ0) is 19.0. The van der Waals surface area contributed by atoms with E-state index in [-0.39, 0.29) is 16.7 Å². The number of pyridine rings is 1. The van der Waals surface area contributed by atoms with E-state index in [9.17, 15) is 8.42 Å². The van der Waals surface area contributed by atoms with Crippen LogP contribution in [0.25, 0.3) is 11.1 Å². The molecule has 0 radical (unpaired) electrons. The van der Waals surface area contributed by atoms with Gasteiger partial charge in [0.2, 0.25) is 10.0 Å². The molecule has 1 saturated heterocycles. The molecule has 3 heterocycles. The van der Waals surface area contributed by atoms with Gasteiger partial charge in [0.25, 0.3) is 5.71 Å². The summed E-state index contributed by atoms with van der Waals surface area (Å²) in [5.74, 6) is 0.171. The van der Waals surface area contributed by atoms with E-state index in [2.05, 4.69) is 10.1 Å². The van der Waals surface area contributed by atoms with Crippen LogP contribution in [0.3, 0.4) is 0 Å². The van der Waals surface area contributed by atoms with Crippen LogP contribution >= 0.6 is 0 Å². The monoisotopic (exact) mass is 386 g/mol. The summed E-state index contributed by atoms with van der Waals surface area (Å²) in [6, 6.07) is 11.6. The molecule has 0 bridgehead atoms. The Kier molecular flexibility index (Phi) is 4.71. The van der Waals surface area contributed by atoms with Crippen LogP contribution in [-0.2, 0) is 16.4 Å². The van der Waals surface area contributed by atoms with Crippen molar-refractivity contribution in [2.45, 2.75) is 24.2 Å². The molecule has 0 saturated carbocycles. The van der Waals surface area contributed by atoms with Gasteiger partial charge >= 0.3 is 0 Å². The fourth-order valence-corrected chi connectivity index (χ4v) is 5.25. The first kappa shape index (κ1) is 18.1. The smallest absolute Gasteiger partial charge is 0.258 e. The molecule has 1 aliphatic heterocycles.